The molecule has 0 radical (unpaired) electrons. The summed E-state index contributed by atoms with van der Waals surface area (Å²) >= 11 is 5.90. The lowest BCUT2D eigenvalue weighted by Gasteiger charge is -2.06. The highest BCUT2D eigenvalue weighted by atomic mass is 35.5. The molecular formula is C19H14ClN3O. The van der Waals surface area contributed by atoms with Gasteiger partial charge in [0.15, 0.2) is 5.65 Å². The molecule has 0 aliphatic rings. The molecule has 4 nitrogen and oxygen atoms in total. The number of hydrogen-bond acceptors (Lipinski definition) is 3. The van der Waals surface area contributed by atoms with Crippen LogP contribution in [0.5, 0.6) is 5.75 Å². The third-order valence-electron chi connectivity index (χ3n) is 3.69. The highest BCUT2D eigenvalue weighted by Crippen LogP contribution is 2.23. The Balaban J connectivity index is 1.52. The monoisotopic (exact) mass is 335 g/mol. The van der Waals surface area contributed by atoms with E-state index in [0.29, 0.717) is 17.4 Å². The van der Waals surface area contributed by atoms with Gasteiger partial charge in [0.25, 0.3) is 0 Å². The van der Waals surface area contributed by atoms with Gasteiger partial charge in [-0.3, -0.25) is 0 Å². The third kappa shape index (κ3) is 3.09. The van der Waals surface area contributed by atoms with Crippen LogP contribution in [0, 0.1) is 0 Å². The van der Waals surface area contributed by atoms with Gasteiger partial charge in [0.1, 0.15) is 23.3 Å². The first-order chi connectivity index (χ1) is 11.8. The number of hydrogen-bond donors (Lipinski definition) is 1. The second kappa shape index (κ2) is 6.34. The number of nitrogens with zero attached hydrogens (tertiary/aromatic N) is 2. The first-order valence-corrected chi connectivity index (χ1v) is 7.95. The molecule has 0 aliphatic carbocycles. The molecule has 118 valence electrons. The minimum Gasteiger partial charge on any atom is -0.489 e. The Hall–Kier alpha value is -2.85. The molecule has 2 heterocycles. The SMILES string of the molecule is Clc1ccc2[nH]c(-c3ccc(OCc4ccccc4)cc3)nc2n1. The van der Waals surface area contributed by atoms with E-state index in [1.807, 2.05) is 60.7 Å². The van der Waals surface area contributed by atoms with Gasteiger partial charge in [-0.05, 0) is 42.0 Å². The lowest BCUT2D eigenvalue weighted by Crippen LogP contribution is -1.94. The fourth-order valence-electron chi connectivity index (χ4n) is 2.46. The summed E-state index contributed by atoms with van der Waals surface area (Å²) in [5, 5.41) is 0.435. The van der Waals surface area contributed by atoms with E-state index in [-0.39, 0.29) is 0 Å². The zero-order chi connectivity index (χ0) is 16.4. The average molecular weight is 336 g/mol. The molecule has 4 rings (SSSR count). The van der Waals surface area contributed by atoms with E-state index >= 15 is 0 Å². The number of ether oxygens (including phenoxy) is 1. The van der Waals surface area contributed by atoms with Crippen LogP contribution in [-0.2, 0) is 6.61 Å². The van der Waals surface area contributed by atoms with Crippen molar-refractivity contribution in [1.29, 1.82) is 0 Å². The van der Waals surface area contributed by atoms with E-state index in [1.54, 1.807) is 6.07 Å². The fourth-order valence-corrected chi connectivity index (χ4v) is 2.60. The summed E-state index contributed by atoms with van der Waals surface area (Å²) in [5.41, 5.74) is 3.58. The number of fused-ring (bicyclic) bond motifs is 1. The van der Waals surface area contributed by atoms with Crippen LogP contribution in [-0.4, -0.2) is 15.0 Å². The van der Waals surface area contributed by atoms with Crippen LogP contribution in [0.3, 0.4) is 0 Å². The maximum absolute atomic E-state index is 5.90. The number of rotatable bonds is 4. The highest BCUT2D eigenvalue weighted by Gasteiger charge is 2.07. The number of pyridine rings is 1. The molecule has 0 aliphatic heterocycles. The van der Waals surface area contributed by atoms with Crippen molar-refractivity contribution in [2.45, 2.75) is 6.61 Å². The minimum absolute atomic E-state index is 0.435. The molecule has 2 aromatic carbocycles. The van der Waals surface area contributed by atoms with Gasteiger partial charge in [0, 0.05) is 5.56 Å². The van der Waals surface area contributed by atoms with Gasteiger partial charge >= 0.3 is 0 Å². The van der Waals surface area contributed by atoms with E-state index in [9.17, 15) is 0 Å². The first-order valence-electron chi connectivity index (χ1n) is 7.57. The number of nitrogens with one attached hydrogen (secondary N) is 1. The van der Waals surface area contributed by atoms with Gasteiger partial charge in [-0.15, -0.1) is 0 Å². The van der Waals surface area contributed by atoms with Crippen LogP contribution in [0.2, 0.25) is 5.15 Å². The van der Waals surface area contributed by atoms with E-state index in [1.165, 1.54) is 0 Å². The molecule has 4 aromatic rings. The molecule has 5 heteroatoms. The Labute approximate surface area is 144 Å². The number of imidazole rings is 1. The van der Waals surface area contributed by atoms with Gasteiger partial charge in [0.2, 0.25) is 0 Å². The Morgan fingerprint density at radius 3 is 2.46 bits per heavy atom. The van der Waals surface area contributed by atoms with Crippen LogP contribution in [0.15, 0.2) is 66.7 Å². The first kappa shape index (κ1) is 14.7. The van der Waals surface area contributed by atoms with Crippen molar-refractivity contribution >= 4 is 22.8 Å². The second-order valence-corrected chi connectivity index (χ2v) is 5.78. The average Bonchev–Trinajstić information content (AvgIpc) is 3.04. The van der Waals surface area contributed by atoms with Gasteiger partial charge in [0.05, 0.1) is 5.52 Å². The largest absolute Gasteiger partial charge is 0.489 e. The molecule has 0 spiro atoms. The minimum atomic E-state index is 0.435. The van der Waals surface area contributed by atoms with Crippen LogP contribution in [0.25, 0.3) is 22.6 Å². The van der Waals surface area contributed by atoms with Gasteiger partial charge in [-0.2, -0.15) is 0 Å². The molecule has 0 saturated heterocycles. The van der Waals surface area contributed by atoms with Crippen LogP contribution < -0.4 is 4.74 Å². The quantitative estimate of drug-likeness (QED) is 0.542. The van der Waals surface area contributed by atoms with E-state index in [4.69, 9.17) is 16.3 Å². The zero-order valence-corrected chi connectivity index (χ0v) is 13.5. The smallest absolute Gasteiger partial charge is 0.179 e. The summed E-state index contributed by atoms with van der Waals surface area (Å²) in [6.07, 6.45) is 0. The van der Waals surface area contributed by atoms with E-state index < -0.39 is 0 Å². The number of H-pyrrole nitrogens is 1. The lowest BCUT2D eigenvalue weighted by atomic mass is 10.2. The number of aromatic amines is 1. The van der Waals surface area contributed by atoms with Crippen LogP contribution in [0.4, 0.5) is 0 Å². The topological polar surface area (TPSA) is 50.8 Å². The van der Waals surface area contributed by atoms with Crippen molar-refractivity contribution in [3.05, 3.63) is 77.4 Å². The molecule has 2 aromatic heterocycles. The summed E-state index contributed by atoms with van der Waals surface area (Å²) in [7, 11) is 0. The Bertz CT molecular complexity index is 965. The lowest BCUT2D eigenvalue weighted by molar-refractivity contribution is 0.306. The van der Waals surface area contributed by atoms with Crippen LogP contribution in [0.1, 0.15) is 5.56 Å². The van der Waals surface area contributed by atoms with Crippen molar-refractivity contribution in [2.75, 3.05) is 0 Å². The van der Waals surface area contributed by atoms with Crippen molar-refractivity contribution in [3.8, 4) is 17.1 Å². The molecule has 0 unspecified atom stereocenters. The Morgan fingerprint density at radius 1 is 0.875 bits per heavy atom. The van der Waals surface area contributed by atoms with Gasteiger partial charge < -0.3 is 9.72 Å². The summed E-state index contributed by atoms with van der Waals surface area (Å²) in [6.45, 7) is 0.549. The fraction of sp³-hybridized carbons (Fsp3) is 0.0526. The summed E-state index contributed by atoms with van der Waals surface area (Å²) < 4.78 is 5.80. The molecule has 1 N–H and O–H groups in total. The molecular weight excluding hydrogens is 322 g/mol. The predicted molar refractivity (Wildman–Crippen MR) is 95.1 cm³/mol. The molecule has 0 amide bonds. The van der Waals surface area contributed by atoms with Crippen molar-refractivity contribution < 1.29 is 4.74 Å². The molecule has 0 atom stereocenters. The van der Waals surface area contributed by atoms with Gasteiger partial charge in [-0.25, -0.2) is 9.97 Å². The normalized spacial score (nSPS) is 10.9. The van der Waals surface area contributed by atoms with E-state index in [0.717, 1.165) is 28.2 Å². The standard InChI is InChI=1S/C19H14ClN3O/c20-17-11-10-16-19(22-17)23-18(21-16)14-6-8-15(9-7-14)24-12-13-4-2-1-3-5-13/h1-11H,12H2,(H,21,22,23). The second-order valence-electron chi connectivity index (χ2n) is 5.39. The highest BCUT2D eigenvalue weighted by molar-refractivity contribution is 6.29. The number of halogens is 1. The Kier molecular flexibility index (Phi) is 3.89. The van der Waals surface area contributed by atoms with Crippen molar-refractivity contribution in [1.82, 2.24) is 15.0 Å². The molecule has 0 fully saturated rings. The number of aromatic nitrogens is 3. The molecule has 0 bridgehead atoms. The van der Waals surface area contributed by atoms with Crippen molar-refractivity contribution in [2.24, 2.45) is 0 Å². The maximum atomic E-state index is 5.90. The maximum Gasteiger partial charge on any atom is 0.179 e. The zero-order valence-electron chi connectivity index (χ0n) is 12.7. The third-order valence-corrected chi connectivity index (χ3v) is 3.90. The van der Waals surface area contributed by atoms with Gasteiger partial charge in [-0.1, -0.05) is 41.9 Å². The predicted octanol–water partition coefficient (Wildman–Crippen LogP) is 4.86. The van der Waals surface area contributed by atoms with Crippen LogP contribution >= 0.6 is 11.6 Å². The summed E-state index contributed by atoms with van der Waals surface area (Å²) in [4.78, 5) is 11.9. The van der Waals surface area contributed by atoms with Crippen molar-refractivity contribution in [3.63, 3.8) is 0 Å². The summed E-state index contributed by atoms with van der Waals surface area (Å²) in [5.74, 6) is 1.58. The number of benzene rings is 2. The molecule has 0 saturated carbocycles. The molecule has 24 heavy (non-hydrogen) atoms. The summed E-state index contributed by atoms with van der Waals surface area (Å²) in [6, 6.07) is 21.5. The Morgan fingerprint density at radius 2 is 1.67 bits per heavy atom. The van der Waals surface area contributed by atoms with E-state index in [2.05, 4.69) is 15.0 Å².